The standard InChI is InChI=1S/C15H15ClO3/c16-13-3-6-15(12(9-13)10-18)19-14-4-1-11(2-5-14)7-8-17/h1-6,9,17-18H,7-8,10H2. The van der Waals surface area contributed by atoms with Crippen molar-refractivity contribution in [1.82, 2.24) is 0 Å². The van der Waals surface area contributed by atoms with Crippen LogP contribution in [0.5, 0.6) is 11.5 Å². The number of aliphatic hydroxyl groups excluding tert-OH is 2. The Morgan fingerprint density at radius 1 is 1.00 bits per heavy atom. The van der Waals surface area contributed by atoms with Crippen molar-refractivity contribution in [3.8, 4) is 11.5 Å². The molecule has 0 amide bonds. The van der Waals surface area contributed by atoms with Crippen LogP contribution in [0.2, 0.25) is 5.02 Å². The quantitative estimate of drug-likeness (QED) is 0.883. The maximum atomic E-state index is 9.27. The number of aliphatic hydroxyl groups is 2. The van der Waals surface area contributed by atoms with Crippen molar-refractivity contribution in [2.24, 2.45) is 0 Å². The third kappa shape index (κ3) is 3.70. The second-order valence-electron chi connectivity index (χ2n) is 4.13. The van der Waals surface area contributed by atoms with E-state index in [4.69, 9.17) is 21.4 Å². The van der Waals surface area contributed by atoms with Crippen LogP contribution in [0.1, 0.15) is 11.1 Å². The molecule has 100 valence electrons. The highest BCUT2D eigenvalue weighted by atomic mass is 35.5. The van der Waals surface area contributed by atoms with Crippen LogP contribution in [0.25, 0.3) is 0 Å². The Balaban J connectivity index is 2.16. The van der Waals surface area contributed by atoms with Gasteiger partial charge in [0.15, 0.2) is 0 Å². The van der Waals surface area contributed by atoms with E-state index in [9.17, 15) is 5.11 Å². The van der Waals surface area contributed by atoms with Crippen LogP contribution >= 0.6 is 11.6 Å². The molecule has 2 rings (SSSR count). The molecule has 3 nitrogen and oxygen atoms in total. The normalized spacial score (nSPS) is 10.5. The molecule has 0 atom stereocenters. The Labute approximate surface area is 117 Å². The smallest absolute Gasteiger partial charge is 0.133 e. The zero-order chi connectivity index (χ0) is 13.7. The first-order valence-electron chi connectivity index (χ1n) is 6.00. The zero-order valence-corrected chi connectivity index (χ0v) is 11.1. The largest absolute Gasteiger partial charge is 0.457 e. The van der Waals surface area contributed by atoms with Crippen LogP contribution in [0.15, 0.2) is 42.5 Å². The molecule has 0 heterocycles. The molecule has 0 saturated carbocycles. The molecule has 0 fully saturated rings. The SMILES string of the molecule is OCCc1ccc(Oc2ccc(Cl)cc2CO)cc1. The summed E-state index contributed by atoms with van der Waals surface area (Å²) in [5, 5.41) is 18.7. The fraction of sp³-hybridized carbons (Fsp3) is 0.200. The number of halogens is 1. The maximum Gasteiger partial charge on any atom is 0.133 e. The van der Waals surface area contributed by atoms with Gasteiger partial charge in [-0.25, -0.2) is 0 Å². The highest BCUT2D eigenvalue weighted by Crippen LogP contribution is 2.28. The molecule has 0 aliphatic heterocycles. The number of hydrogen-bond donors (Lipinski definition) is 2. The van der Waals surface area contributed by atoms with Crippen molar-refractivity contribution in [3.63, 3.8) is 0 Å². The molecular formula is C15H15ClO3. The van der Waals surface area contributed by atoms with Crippen molar-refractivity contribution >= 4 is 11.6 Å². The number of ether oxygens (including phenoxy) is 1. The predicted molar refractivity (Wildman–Crippen MR) is 74.7 cm³/mol. The van der Waals surface area contributed by atoms with Crippen molar-refractivity contribution < 1.29 is 14.9 Å². The Kier molecular flexibility index (Phi) is 4.80. The summed E-state index contributed by atoms with van der Waals surface area (Å²) in [6, 6.07) is 12.6. The van der Waals surface area contributed by atoms with Crippen LogP contribution in [-0.2, 0) is 13.0 Å². The van der Waals surface area contributed by atoms with Crippen molar-refractivity contribution in [2.45, 2.75) is 13.0 Å². The maximum absolute atomic E-state index is 9.27. The van der Waals surface area contributed by atoms with E-state index in [2.05, 4.69) is 0 Å². The fourth-order valence-electron chi connectivity index (χ4n) is 1.75. The molecule has 19 heavy (non-hydrogen) atoms. The van der Waals surface area contributed by atoms with Gasteiger partial charge in [-0.3, -0.25) is 0 Å². The molecule has 2 N–H and O–H groups in total. The lowest BCUT2D eigenvalue weighted by Gasteiger charge is -2.10. The lowest BCUT2D eigenvalue weighted by molar-refractivity contribution is 0.276. The first-order valence-corrected chi connectivity index (χ1v) is 6.37. The Morgan fingerprint density at radius 2 is 1.74 bits per heavy atom. The molecular weight excluding hydrogens is 264 g/mol. The minimum Gasteiger partial charge on any atom is -0.457 e. The van der Waals surface area contributed by atoms with E-state index in [-0.39, 0.29) is 13.2 Å². The highest BCUT2D eigenvalue weighted by Gasteiger charge is 2.05. The van der Waals surface area contributed by atoms with E-state index in [1.165, 1.54) is 0 Å². The van der Waals surface area contributed by atoms with Gasteiger partial charge >= 0.3 is 0 Å². The molecule has 0 radical (unpaired) electrons. The van der Waals surface area contributed by atoms with Gasteiger partial charge < -0.3 is 14.9 Å². The molecule has 0 aliphatic rings. The average Bonchev–Trinajstić information content (AvgIpc) is 2.43. The van der Waals surface area contributed by atoms with Gasteiger partial charge in [-0.05, 0) is 42.3 Å². The van der Waals surface area contributed by atoms with Crippen molar-refractivity contribution in [3.05, 3.63) is 58.6 Å². The zero-order valence-electron chi connectivity index (χ0n) is 10.3. The third-order valence-electron chi connectivity index (χ3n) is 2.74. The van der Waals surface area contributed by atoms with Gasteiger partial charge in [-0.1, -0.05) is 23.7 Å². The summed E-state index contributed by atoms with van der Waals surface area (Å²) in [5.41, 5.74) is 1.69. The molecule has 0 aromatic heterocycles. The van der Waals surface area contributed by atoms with E-state index >= 15 is 0 Å². The molecule has 0 bridgehead atoms. The summed E-state index contributed by atoms with van der Waals surface area (Å²) in [6.45, 7) is 0.00450. The predicted octanol–water partition coefficient (Wildman–Crippen LogP) is 3.16. The summed E-state index contributed by atoms with van der Waals surface area (Å²) in [6.07, 6.45) is 0.628. The van der Waals surface area contributed by atoms with Gasteiger partial charge in [0.2, 0.25) is 0 Å². The van der Waals surface area contributed by atoms with Crippen LogP contribution in [-0.4, -0.2) is 16.8 Å². The molecule has 2 aromatic carbocycles. The summed E-state index contributed by atoms with van der Waals surface area (Å²) in [5.74, 6) is 1.26. The molecule has 4 heteroatoms. The fourth-order valence-corrected chi connectivity index (χ4v) is 1.95. The molecule has 2 aromatic rings. The van der Waals surface area contributed by atoms with E-state index in [1.54, 1.807) is 18.2 Å². The van der Waals surface area contributed by atoms with Gasteiger partial charge in [0.05, 0.1) is 6.61 Å². The number of benzene rings is 2. The molecule has 0 spiro atoms. The van der Waals surface area contributed by atoms with Gasteiger partial charge in [0.1, 0.15) is 11.5 Å². The lowest BCUT2D eigenvalue weighted by Crippen LogP contribution is -1.93. The van der Waals surface area contributed by atoms with Gasteiger partial charge in [-0.2, -0.15) is 0 Å². The second kappa shape index (κ2) is 6.57. The van der Waals surface area contributed by atoms with Crippen LogP contribution in [0, 0.1) is 0 Å². The van der Waals surface area contributed by atoms with Gasteiger partial charge in [0, 0.05) is 17.2 Å². The number of hydrogen-bond acceptors (Lipinski definition) is 3. The van der Waals surface area contributed by atoms with Gasteiger partial charge in [-0.15, -0.1) is 0 Å². The summed E-state index contributed by atoms with van der Waals surface area (Å²) >= 11 is 5.86. The van der Waals surface area contributed by atoms with Crippen LogP contribution in [0.3, 0.4) is 0 Å². The Hall–Kier alpha value is -1.55. The van der Waals surface area contributed by atoms with Crippen molar-refractivity contribution in [2.75, 3.05) is 6.61 Å². The number of rotatable bonds is 5. The molecule has 0 aliphatic carbocycles. The van der Waals surface area contributed by atoms with E-state index < -0.39 is 0 Å². The Bertz CT molecular complexity index is 538. The summed E-state index contributed by atoms with van der Waals surface area (Å²) in [4.78, 5) is 0. The van der Waals surface area contributed by atoms with Crippen LogP contribution in [0.4, 0.5) is 0 Å². The minimum atomic E-state index is -0.126. The Morgan fingerprint density at radius 3 is 2.37 bits per heavy atom. The minimum absolute atomic E-state index is 0.126. The highest BCUT2D eigenvalue weighted by molar-refractivity contribution is 6.30. The van der Waals surface area contributed by atoms with E-state index in [1.807, 2.05) is 24.3 Å². The monoisotopic (exact) mass is 278 g/mol. The van der Waals surface area contributed by atoms with Crippen molar-refractivity contribution in [1.29, 1.82) is 0 Å². The van der Waals surface area contributed by atoms with Crippen LogP contribution < -0.4 is 4.74 Å². The second-order valence-corrected chi connectivity index (χ2v) is 4.57. The first kappa shape index (κ1) is 13.9. The third-order valence-corrected chi connectivity index (χ3v) is 2.98. The molecule has 0 unspecified atom stereocenters. The lowest BCUT2D eigenvalue weighted by atomic mass is 10.1. The van der Waals surface area contributed by atoms with E-state index in [0.29, 0.717) is 28.5 Å². The molecule has 0 saturated heterocycles. The average molecular weight is 279 g/mol. The first-order chi connectivity index (χ1) is 9.22. The summed E-state index contributed by atoms with van der Waals surface area (Å²) in [7, 11) is 0. The van der Waals surface area contributed by atoms with E-state index in [0.717, 1.165) is 5.56 Å². The topological polar surface area (TPSA) is 49.7 Å². The van der Waals surface area contributed by atoms with Gasteiger partial charge in [0.25, 0.3) is 0 Å². The summed E-state index contributed by atoms with van der Waals surface area (Å²) < 4.78 is 5.71.